The molecule has 7 heteroatoms. The van der Waals surface area contributed by atoms with Crippen LogP contribution < -0.4 is 0 Å². The molecular formula is C19H20F3NO2Si. The van der Waals surface area contributed by atoms with Crippen molar-refractivity contribution in [3.05, 3.63) is 70.8 Å². The van der Waals surface area contributed by atoms with Gasteiger partial charge in [-0.3, -0.25) is 4.79 Å². The summed E-state index contributed by atoms with van der Waals surface area (Å²) < 4.78 is 38.6. The summed E-state index contributed by atoms with van der Waals surface area (Å²) in [6, 6.07) is 11.1. The largest absolute Gasteiger partial charge is 0.416 e. The highest BCUT2D eigenvalue weighted by atomic mass is 28.3. The van der Waals surface area contributed by atoms with E-state index in [1.165, 1.54) is 17.0 Å². The van der Waals surface area contributed by atoms with Crippen LogP contribution in [-0.2, 0) is 11.9 Å². The van der Waals surface area contributed by atoms with E-state index >= 15 is 0 Å². The third-order valence-corrected chi connectivity index (χ3v) is 5.68. The van der Waals surface area contributed by atoms with E-state index in [2.05, 4.69) is 19.6 Å². The second-order valence-corrected chi connectivity index (χ2v) is 13.2. The first kappa shape index (κ1) is 18.7. The van der Waals surface area contributed by atoms with Gasteiger partial charge in [-0.2, -0.15) is 13.2 Å². The molecule has 1 N–H and O–H groups in total. The van der Waals surface area contributed by atoms with Gasteiger partial charge in [0.2, 0.25) is 0 Å². The summed E-state index contributed by atoms with van der Waals surface area (Å²) in [5.41, 5.74) is -1.52. The Morgan fingerprint density at radius 2 is 1.62 bits per heavy atom. The van der Waals surface area contributed by atoms with Crippen LogP contribution in [0.3, 0.4) is 0 Å². The van der Waals surface area contributed by atoms with Gasteiger partial charge in [0.15, 0.2) is 5.72 Å². The van der Waals surface area contributed by atoms with Gasteiger partial charge in [-0.05, 0) is 18.2 Å². The molecule has 0 aromatic heterocycles. The van der Waals surface area contributed by atoms with E-state index in [1.807, 2.05) is 0 Å². The minimum atomic E-state index is -4.46. The molecule has 0 radical (unpaired) electrons. The molecule has 0 bridgehead atoms. The van der Waals surface area contributed by atoms with E-state index in [0.29, 0.717) is 17.3 Å². The quantitative estimate of drug-likeness (QED) is 0.811. The molecule has 26 heavy (non-hydrogen) atoms. The van der Waals surface area contributed by atoms with Crippen molar-refractivity contribution >= 4 is 14.0 Å². The van der Waals surface area contributed by atoms with E-state index in [-0.39, 0.29) is 11.5 Å². The van der Waals surface area contributed by atoms with E-state index in [9.17, 15) is 23.1 Å². The summed E-state index contributed by atoms with van der Waals surface area (Å²) in [6.45, 7) is 6.20. The van der Waals surface area contributed by atoms with Crippen molar-refractivity contribution in [2.24, 2.45) is 0 Å². The molecule has 2 aromatic rings. The molecule has 0 saturated heterocycles. The minimum absolute atomic E-state index is 0.252. The Balaban J connectivity index is 2.15. The standard InChI is InChI=1S/C19H20F3NO2Si/c1-26(2,3)12-23-17(24)15-6-4-5-7-16(15)18(23,25)13-8-10-14(11-9-13)19(20,21)22/h4-11,25H,12H2,1-3H3. The van der Waals surface area contributed by atoms with Crippen LogP contribution in [-0.4, -0.2) is 30.2 Å². The van der Waals surface area contributed by atoms with Crippen LogP contribution in [0.2, 0.25) is 19.6 Å². The summed E-state index contributed by atoms with van der Waals surface area (Å²) in [6.07, 6.45) is -4.07. The number of carbonyl (C=O) groups excluding carboxylic acids is 1. The molecule has 138 valence electrons. The first-order valence-corrected chi connectivity index (χ1v) is 12.0. The predicted octanol–water partition coefficient (Wildman–Crippen LogP) is 4.23. The molecule has 0 fully saturated rings. The summed E-state index contributed by atoms with van der Waals surface area (Å²) >= 11 is 0. The number of rotatable bonds is 3. The summed E-state index contributed by atoms with van der Waals surface area (Å²) in [7, 11) is -1.80. The van der Waals surface area contributed by atoms with Crippen LogP contribution in [0, 0.1) is 0 Å². The first-order chi connectivity index (χ1) is 11.9. The van der Waals surface area contributed by atoms with Crippen LogP contribution in [0.25, 0.3) is 0 Å². The lowest BCUT2D eigenvalue weighted by molar-refractivity contribution is -0.137. The highest BCUT2D eigenvalue weighted by Gasteiger charge is 2.50. The minimum Gasteiger partial charge on any atom is -0.363 e. The zero-order valence-corrected chi connectivity index (χ0v) is 15.8. The molecule has 0 aliphatic carbocycles. The second kappa shape index (κ2) is 5.96. The average Bonchev–Trinajstić information content (AvgIpc) is 2.76. The number of halogens is 3. The molecule has 2 aromatic carbocycles. The van der Waals surface area contributed by atoms with Gasteiger partial charge in [0.25, 0.3) is 5.91 Å². The fraction of sp³-hybridized carbons (Fsp3) is 0.316. The van der Waals surface area contributed by atoms with Gasteiger partial charge in [0, 0.05) is 22.9 Å². The third-order valence-electron chi connectivity index (χ3n) is 4.42. The summed E-state index contributed by atoms with van der Waals surface area (Å²) in [5.74, 6) is -0.301. The smallest absolute Gasteiger partial charge is 0.363 e. The topological polar surface area (TPSA) is 40.5 Å². The SMILES string of the molecule is C[Si](C)(C)CN1C(=O)c2ccccc2C1(O)c1ccc(C(F)(F)F)cc1. The van der Waals surface area contributed by atoms with Gasteiger partial charge in [-0.15, -0.1) is 0 Å². The lowest BCUT2D eigenvalue weighted by atomic mass is 9.93. The van der Waals surface area contributed by atoms with Crippen LogP contribution in [0.15, 0.2) is 48.5 Å². The lowest BCUT2D eigenvalue weighted by Crippen LogP contribution is -2.51. The van der Waals surface area contributed by atoms with Gasteiger partial charge in [-0.25, -0.2) is 0 Å². The van der Waals surface area contributed by atoms with Gasteiger partial charge in [0.05, 0.1) is 13.6 Å². The van der Waals surface area contributed by atoms with Gasteiger partial charge in [-0.1, -0.05) is 50.0 Å². The number of carbonyl (C=O) groups is 1. The zero-order chi connectivity index (χ0) is 19.3. The van der Waals surface area contributed by atoms with E-state index < -0.39 is 25.5 Å². The zero-order valence-electron chi connectivity index (χ0n) is 14.8. The Bertz CT molecular complexity index is 843. The van der Waals surface area contributed by atoms with Gasteiger partial charge < -0.3 is 10.0 Å². The molecule has 0 spiro atoms. The molecular weight excluding hydrogens is 359 g/mol. The number of fused-ring (bicyclic) bond motifs is 1. The fourth-order valence-electron chi connectivity index (χ4n) is 3.27. The number of nitrogens with zero attached hydrogens (tertiary/aromatic N) is 1. The van der Waals surface area contributed by atoms with Crippen molar-refractivity contribution < 1.29 is 23.1 Å². The molecule has 3 nitrogen and oxygen atoms in total. The van der Waals surface area contributed by atoms with Crippen molar-refractivity contribution in [2.45, 2.75) is 31.5 Å². The number of amides is 1. The van der Waals surface area contributed by atoms with E-state index in [0.717, 1.165) is 12.1 Å². The number of aliphatic hydroxyl groups is 1. The van der Waals surface area contributed by atoms with Crippen molar-refractivity contribution in [3.8, 4) is 0 Å². The van der Waals surface area contributed by atoms with E-state index in [1.54, 1.807) is 24.3 Å². The predicted molar refractivity (Wildman–Crippen MR) is 95.3 cm³/mol. The Morgan fingerprint density at radius 1 is 1.04 bits per heavy atom. The molecule has 3 rings (SSSR count). The fourth-order valence-corrected chi connectivity index (χ4v) is 4.60. The van der Waals surface area contributed by atoms with Crippen molar-refractivity contribution in [2.75, 3.05) is 6.17 Å². The van der Waals surface area contributed by atoms with Crippen LogP contribution in [0.4, 0.5) is 13.2 Å². The Hall–Kier alpha value is -2.12. The molecule has 0 saturated carbocycles. The average molecular weight is 379 g/mol. The highest BCUT2D eigenvalue weighted by molar-refractivity contribution is 6.76. The second-order valence-electron chi connectivity index (χ2n) is 7.74. The van der Waals surface area contributed by atoms with Crippen LogP contribution in [0.5, 0.6) is 0 Å². The maximum atomic E-state index is 12.9. The maximum Gasteiger partial charge on any atom is 0.416 e. The Kier molecular flexibility index (Phi) is 4.27. The van der Waals surface area contributed by atoms with E-state index in [4.69, 9.17) is 0 Å². The summed E-state index contributed by atoms with van der Waals surface area (Å²) in [5, 5.41) is 11.5. The highest BCUT2D eigenvalue weighted by Crippen LogP contribution is 2.43. The molecule has 1 aliphatic heterocycles. The number of hydrogen-bond acceptors (Lipinski definition) is 2. The summed E-state index contributed by atoms with van der Waals surface area (Å²) in [4.78, 5) is 14.3. The molecule has 1 amide bonds. The number of benzene rings is 2. The third kappa shape index (κ3) is 3.05. The van der Waals surface area contributed by atoms with Crippen molar-refractivity contribution in [3.63, 3.8) is 0 Å². The number of hydrogen-bond donors (Lipinski definition) is 1. The molecule has 1 atom stereocenters. The maximum absolute atomic E-state index is 12.9. The lowest BCUT2D eigenvalue weighted by Gasteiger charge is -2.38. The molecule has 1 unspecified atom stereocenters. The Labute approximate surface area is 151 Å². The number of alkyl halides is 3. The van der Waals surface area contributed by atoms with Crippen molar-refractivity contribution in [1.29, 1.82) is 0 Å². The van der Waals surface area contributed by atoms with Crippen LogP contribution >= 0.6 is 0 Å². The molecule has 1 aliphatic rings. The monoisotopic (exact) mass is 379 g/mol. The van der Waals surface area contributed by atoms with Gasteiger partial charge >= 0.3 is 6.18 Å². The van der Waals surface area contributed by atoms with Crippen molar-refractivity contribution in [1.82, 2.24) is 4.90 Å². The molecule has 1 heterocycles. The van der Waals surface area contributed by atoms with Gasteiger partial charge in [0.1, 0.15) is 0 Å². The Morgan fingerprint density at radius 3 is 2.15 bits per heavy atom. The first-order valence-electron chi connectivity index (χ1n) is 8.26. The normalized spacial score (nSPS) is 20.4. The van der Waals surface area contributed by atoms with Crippen LogP contribution in [0.1, 0.15) is 27.0 Å².